The van der Waals surface area contributed by atoms with Gasteiger partial charge in [0, 0.05) is 0 Å². The molecule has 3 heteroatoms. The standard InChI is InChI=1S/C18H30O3/c1-5-10-21-16-8-9-17(14(6-2)11-16)15(7-3)12-18(20)13(4)19/h8-9,11,13,15,18-20H,5-7,10,12H2,1-4H3. The molecule has 2 N–H and O–H groups in total. The van der Waals surface area contributed by atoms with Gasteiger partial charge in [-0.15, -0.1) is 0 Å². The van der Waals surface area contributed by atoms with Crippen molar-refractivity contribution in [3.63, 3.8) is 0 Å². The maximum Gasteiger partial charge on any atom is 0.119 e. The molecule has 0 saturated heterocycles. The van der Waals surface area contributed by atoms with Crippen LogP contribution >= 0.6 is 0 Å². The van der Waals surface area contributed by atoms with Crippen molar-refractivity contribution < 1.29 is 14.9 Å². The van der Waals surface area contributed by atoms with Crippen LogP contribution in [0.5, 0.6) is 5.75 Å². The predicted octanol–water partition coefficient (Wildman–Crippen LogP) is 3.66. The van der Waals surface area contributed by atoms with Crippen molar-refractivity contribution in [2.45, 2.75) is 71.5 Å². The molecule has 0 aromatic heterocycles. The van der Waals surface area contributed by atoms with Gasteiger partial charge in [-0.1, -0.05) is 26.8 Å². The van der Waals surface area contributed by atoms with E-state index in [9.17, 15) is 10.2 Å². The molecule has 0 amide bonds. The molecule has 3 unspecified atom stereocenters. The molecule has 1 aromatic carbocycles. The Labute approximate surface area is 129 Å². The minimum atomic E-state index is -0.684. The highest BCUT2D eigenvalue weighted by Gasteiger charge is 2.20. The summed E-state index contributed by atoms with van der Waals surface area (Å²) >= 11 is 0. The summed E-state index contributed by atoms with van der Waals surface area (Å²) in [7, 11) is 0. The van der Waals surface area contributed by atoms with E-state index in [0.29, 0.717) is 6.42 Å². The molecule has 0 fully saturated rings. The second-order valence-electron chi connectivity index (χ2n) is 5.71. The second kappa shape index (κ2) is 9.06. The molecule has 120 valence electrons. The first-order chi connectivity index (χ1) is 10.0. The topological polar surface area (TPSA) is 49.7 Å². The first kappa shape index (κ1) is 18.0. The van der Waals surface area contributed by atoms with E-state index in [1.807, 2.05) is 6.07 Å². The largest absolute Gasteiger partial charge is 0.494 e. The molecule has 0 bridgehead atoms. The van der Waals surface area contributed by atoms with Crippen LogP contribution in [0.15, 0.2) is 18.2 Å². The van der Waals surface area contributed by atoms with Crippen molar-refractivity contribution in [1.82, 2.24) is 0 Å². The van der Waals surface area contributed by atoms with Gasteiger partial charge >= 0.3 is 0 Å². The smallest absolute Gasteiger partial charge is 0.119 e. The maximum atomic E-state index is 9.95. The number of benzene rings is 1. The normalized spacial score (nSPS) is 15.5. The Morgan fingerprint density at radius 1 is 1.14 bits per heavy atom. The first-order valence-electron chi connectivity index (χ1n) is 8.15. The van der Waals surface area contributed by atoms with Crippen LogP contribution in [-0.4, -0.2) is 29.0 Å². The summed E-state index contributed by atoms with van der Waals surface area (Å²) < 4.78 is 5.70. The van der Waals surface area contributed by atoms with Crippen LogP contribution < -0.4 is 4.74 Å². The molecular formula is C18H30O3. The lowest BCUT2D eigenvalue weighted by atomic mass is 9.86. The molecule has 0 aliphatic carbocycles. The Balaban J connectivity index is 2.92. The van der Waals surface area contributed by atoms with Crippen LogP contribution in [0.2, 0.25) is 0 Å². The SMILES string of the molecule is CCCOc1ccc(C(CC)CC(O)C(C)O)c(CC)c1. The summed E-state index contributed by atoms with van der Waals surface area (Å²) in [6.45, 7) is 8.74. The molecule has 0 aliphatic rings. The van der Waals surface area contributed by atoms with Crippen molar-refractivity contribution in [2.75, 3.05) is 6.61 Å². The van der Waals surface area contributed by atoms with E-state index in [4.69, 9.17) is 4.74 Å². The van der Waals surface area contributed by atoms with Gasteiger partial charge in [0.05, 0.1) is 18.8 Å². The van der Waals surface area contributed by atoms with Gasteiger partial charge in [0.2, 0.25) is 0 Å². The van der Waals surface area contributed by atoms with Crippen molar-refractivity contribution in [2.24, 2.45) is 0 Å². The average molecular weight is 294 g/mol. The quantitative estimate of drug-likeness (QED) is 0.730. The lowest BCUT2D eigenvalue weighted by Crippen LogP contribution is -2.25. The van der Waals surface area contributed by atoms with Crippen molar-refractivity contribution >= 4 is 0 Å². The van der Waals surface area contributed by atoms with E-state index in [1.165, 1.54) is 11.1 Å². The average Bonchev–Trinajstić information content (AvgIpc) is 2.50. The van der Waals surface area contributed by atoms with Crippen molar-refractivity contribution in [1.29, 1.82) is 0 Å². The summed E-state index contributed by atoms with van der Waals surface area (Å²) in [5, 5.41) is 19.5. The summed E-state index contributed by atoms with van der Waals surface area (Å²) in [6.07, 6.45) is 2.13. The van der Waals surface area contributed by atoms with Crippen molar-refractivity contribution in [3.8, 4) is 5.75 Å². The Kier molecular flexibility index (Phi) is 7.76. The van der Waals surface area contributed by atoms with E-state index in [0.717, 1.165) is 31.6 Å². The van der Waals surface area contributed by atoms with Gasteiger partial charge in [-0.3, -0.25) is 0 Å². The van der Waals surface area contributed by atoms with E-state index < -0.39 is 12.2 Å². The summed E-state index contributed by atoms with van der Waals surface area (Å²) in [5.74, 6) is 1.19. The lowest BCUT2D eigenvalue weighted by Gasteiger charge is -2.23. The van der Waals surface area contributed by atoms with Gasteiger partial charge in [0.1, 0.15) is 5.75 Å². The van der Waals surface area contributed by atoms with Gasteiger partial charge < -0.3 is 14.9 Å². The highest BCUT2D eigenvalue weighted by atomic mass is 16.5. The minimum Gasteiger partial charge on any atom is -0.494 e. The Morgan fingerprint density at radius 3 is 2.38 bits per heavy atom. The third kappa shape index (κ3) is 5.33. The van der Waals surface area contributed by atoms with E-state index in [2.05, 4.69) is 32.9 Å². The Morgan fingerprint density at radius 2 is 1.86 bits per heavy atom. The lowest BCUT2D eigenvalue weighted by molar-refractivity contribution is 0.0214. The van der Waals surface area contributed by atoms with Crippen LogP contribution in [-0.2, 0) is 6.42 Å². The molecule has 0 radical (unpaired) electrons. The van der Waals surface area contributed by atoms with Crippen LogP contribution in [0.25, 0.3) is 0 Å². The van der Waals surface area contributed by atoms with Gasteiger partial charge in [-0.05, 0) is 61.8 Å². The predicted molar refractivity (Wildman–Crippen MR) is 86.9 cm³/mol. The minimum absolute atomic E-state index is 0.268. The second-order valence-corrected chi connectivity index (χ2v) is 5.71. The van der Waals surface area contributed by atoms with Gasteiger partial charge in [0.25, 0.3) is 0 Å². The fourth-order valence-corrected chi connectivity index (χ4v) is 2.60. The zero-order chi connectivity index (χ0) is 15.8. The van der Waals surface area contributed by atoms with E-state index in [-0.39, 0.29) is 5.92 Å². The van der Waals surface area contributed by atoms with Gasteiger partial charge in [-0.2, -0.15) is 0 Å². The van der Waals surface area contributed by atoms with Crippen LogP contribution in [0.3, 0.4) is 0 Å². The number of rotatable bonds is 9. The number of ether oxygens (including phenoxy) is 1. The molecule has 1 rings (SSSR count). The van der Waals surface area contributed by atoms with Gasteiger partial charge in [0.15, 0.2) is 0 Å². The molecule has 1 aromatic rings. The Hall–Kier alpha value is -1.06. The molecule has 0 heterocycles. The zero-order valence-corrected chi connectivity index (χ0v) is 13.8. The molecular weight excluding hydrogens is 264 g/mol. The molecule has 0 saturated carbocycles. The fraction of sp³-hybridized carbons (Fsp3) is 0.667. The number of aliphatic hydroxyl groups excluding tert-OH is 2. The fourth-order valence-electron chi connectivity index (χ4n) is 2.60. The highest BCUT2D eigenvalue weighted by Crippen LogP contribution is 2.31. The van der Waals surface area contributed by atoms with Crippen molar-refractivity contribution in [3.05, 3.63) is 29.3 Å². The number of hydrogen-bond acceptors (Lipinski definition) is 3. The molecule has 0 spiro atoms. The maximum absolute atomic E-state index is 9.95. The first-order valence-corrected chi connectivity index (χ1v) is 8.15. The van der Waals surface area contributed by atoms with Gasteiger partial charge in [-0.25, -0.2) is 0 Å². The molecule has 3 atom stereocenters. The van der Waals surface area contributed by atoms with E-state index >= 15 is 0 Å². The Bertz CT molecular complexity index is 415. The number of aliphatic hydroxyl groups is 2. The highest BCUT2D eigenvalue weighted by molar-refractivity contribution is 5.38. The van der Waals surface area contributed by atoms with Crippen LogP contribution in [0.4, 0.5) is 0 Å². The molecule has 21 heavy (non-hydrogen) atoms. The summed E-state index contributed by atoms with van der Waals surface area (Å²) in [6, 6.07) is 6.25. The van der Waals surface area contributed by atoms with Crippen LogP contribution in [0.1, 0.15) is 64.0 Å². The van der Waals surface area contributed by atoms with E-state index in [1.54, 1.807) is 6.92 Å². The summed E-state index contributed by atoms with van der Waals surface area (Å²) in [4.78, 5) is 0. The molecule has 0 aliphatic heterocycles. The summed E-state index contributed by atoms with van der Waals surface area (Å²) in [5.41, 5.74) is 2.54. The molecule has 3 nitrogen and oxygen atoms in total. The number of aryl methyl sites for hydroxylation is 1. The third-order valence-electron chi connectivity index (χ3n) is 3.98. The van der Waals surface area contributed by atoms with Crippen LogP contribution in [0, 0.1) is 0 Å². The monoisotopic (exact) mass is 294 g/mol. The third-order valence-corrected chi connectivity index (χ3v) is 3.98. The number of hydrogen-bond donors (Lipinski definition) is 2. The zero-order valence-electron chi connectivity index (χ0n) is 13.8.